The molecule has 2 rings (SSSR count). The molecule has 1 fully saturated rings. The van der Waals surface area contributed by atoms with E-state index in [1.807, 2.05) is 24.3 Å². The Morgan fingerprint density at radius 3 is 2.83 bits per heavy atom. The second-order valence-electron chi connectivity index (χ2n) is 4.68. The topological polar surface area (TPSA) is 64.4 Å². The molecule has 18 heavy (non-hydrogen) atoms. The fraction of sp³-hybridized carbons (Fsp3) is 0.500. The highest BCUT2D eigenvalue weighted by atomic mass is 16.5. The van der Waals surface area contributed by atoms with Crippen LogP contribution in [-0.2, 0) is 16.0 Å². The second kappa shape index (κ2) is 6.40. The van der Waals surface area contributed by atoms with Gasteiger partial charge in [0, 0.05) is 25.3 Å². The molecule has 1 heterocycles. The number of carbonyl (C=O) groups is 1. The molecule has 0 bridgehead atoms. The summed E-state index contributed by atoms with van der Waals surface area (Å²) in [6.07, 6.45) is 3.63. The standard InChI is InChI=1S/C14H20N2O2/c15-12-6-3-11(4-7-12)5-8-14(17)16-10-13-2-1-9-18-13/h3-4,6-7,13H,1-2,5,8-10,15H2,(H,16,17)/t13-/m1/s1. The van der Waals surface area contributed by atoms with Crippen LogP contribution in [-0.4, -0.2) is 25.2 Å². The van der Waals surface area contributed by atoms with Crippen molar-refractivity contribution >= 4 is 11.6 Å². The van der Waals surface area contributed by atoms with E-state index in [-0.39, 0.29) is 12.0 Å². The number of anilines is 1. The number of nitrogens with two attached hydrogens (primary N) is 1. The first-order valence-corrected chi connectivity index (χ1v) is 6.47. The molecule has 1 atom stereocenters. The Labute approximate surface area is 108 Å². The van der Waals surface area contributed by atoms with Gasteiger partial charge in [0.05, 0.1) is 6.10 Å². The molecule has 1 aliphatic rings. The first kappa shape index (κ1) is 12.9. The fourth-order valence-corrected chi connectivity index (χ4v) is 2.06. The number of hydrogen-bond donors (Lipinski definition) is 2. The van der Waals surface area contributed by atoms with Gasteiger partial charge >= 0.3 is 0 Å². The molecule has 98 valence electrons. The fourth-order valence-electron chi connectivity index (χ4n) is 2.06. The second-order valence-corrected chi connectivity index (χ2v) is 4.68. The molecule has 0 spiro atoms. The van der Waals surface area contributed by atoms with E-state index in [2.05, 4.69) is 5.32 Å². The van der Waals surface area contributed by atoms with E-state index in [1.54, 1.807) is 0 Å². The van der Waals surface area contributed by atoms with Crippen LogP contribution in [0.15, 0.2) is 24.3 Å². The van der Waals surface area contributed by atoms with E-state index < -0.39 is 0 Å². The molecule has 4 nitrogen and oxygen atoms in total. The number of nitrogens with one attached hydrogen (secondary N) is 1. The number of amides is 1. The lowest BCUT2D eigenvalue weighted by Crippen LogP contribution is -2.31. The molecule has 1 aromatic rings. The lowest BCUT2D eigenvalue weighted by atomic mass is 10.1. The van der Waals surface area contributed by atoms with Crippen molar-refractivity contribution in [3.63, 3.8) is 0 Å². The monoisotopic (exact) mass is 248 g/mol. The van der Waals surface area contributed by atoms with Crippen molar-refractivity contribution in [3.8, 4) is 0 Å². The van der Waals surface area contributed by atoms with E-state index in [9.17, 15) is 4.79 Å². The summed E-state index contributed by atoms with van der Waals surface area (Å²) < 4.78 is 5.45. The Morgan fingerprint density at radius 2 is 2.17 bits per heavy atom. The Balaban J connectivity index is 1.66. The zero-order chi connectivity index (χ0) is 12.8. The van der Waals surface area contributed by atoms with Gasteiger partial charge in [0.1, 0.15) is 0 Å². The van der Waals surface area contributed by atoms with Crippen LogP contribution in [0.25, 0.3) is 0 Å². The molecule has 0 aromatic heterocycles. The smallest absolute Gasteiger partial charge is 0.220 e. The maximum absolute atomic E-state index is 11.6. The van der Waals surface area contributed by atoms with E-state index in [0.717, 1.165) is 37.1 Å². The third-order valence-corrected chi connectivity index (χ3v) is 3.17. The van der Waals surface area contributed by atoms with Gasteiger partial charge in [0.2, 0.25) is 5.91 Å². The molecule has 3 N–H and O–H groups in total. The number of ether oxygens (including phenoxy) is 1. The highest BCUT2D eigenvalue weighted by Gasteiger charge is 2.15. The molecule has 0 aliphatic carbocycles. The van der Waals surface area contributed by atoms with Crippen LogP contribution in [0.1, 0.15) is 24.8 Å². The van der Waals surface area contributed by atoms with E-state index in [0.29, 0.717) is 13.0 Å². The number of carbonyl (C=O) groups excluding carboxylic acids is 1. The Hall–Kier alpha value is -1.55. The predicted molar refractivity (Wildman–Crippen MR) is 71.2 cm³/mol. The quantitative estimate of drug-likeness (QED) is 0.776. The summed E-state index contributed by atoms with van der Waals surface area (Å²) >= 11 is 0. The molecule has 0 radical (unpaired) electrons. The number of aryl methyl sites for hydroxylation is 1. The van der Waals surface area contributed by atoms with Crippen LogP contribution in [0.5, 0.6) is 0 Å². The zero-order valence-electron chi connectivity index (χ0n) is 10.5. The van der Waals surface area contributed by atoms with Crippen molar-refractivity contribution in [2.45, 2.75) is 31.8 Å². The molecular weight excluding hydrogens is 228 g/mol. The molecule has 0 saturated carbocycles. The number of nitrogen functional groups attached to an aromatic ring is 1. The van der Waals surface area contributed by atoms with Gasteiger partial charge in [-0.3, -0.25) is 4.79 Å². The zero-order valence-corrected chi connectivity index (χ0v) is 10.5. The Kier molecular flexibility index (Phi) is 4.59. The van der Waals surface area contributed by atoms with E-state index in [1.165, 1.54) is 0 Å². The summed E-state index contributed by atoms with van der Waals surface area (Å²) in [6.45, 7) is 1.46. The SMILES string of the molecule is Nc1ccc(CCC(=O)NC[C@H]2CCCO2)cc1. The van der Waals surface area contributed by atoms with Gasteiger partial charge in [-0.2, -0.15) is 0 Å². The maximum Gasteiger partial charge on any atom is 0.220 e. The van der Waals surface area contributed by atoms with Crippen molar-refractivity contribution in [1.29, 1.82) is 0 Å². The average molecular weight is 248 g/mol. The normalized spacial score (nSPS) is 18.8. The van der Waals surface area contributed by atoms with Crippen molar-refractivity contribution < 1.29 is 9.53 Å². The number of hydrogen-bond acceptors (Lipinski definition) is 3. The Morgan fingerprint density at radius 1 is 1.39 bits per heavy atom. The van der Waals surface area contributed by atoms with Crippen molar-refractivity contribution in [2.24, 2.45) is 0 Å². The largest absolute Gasteiger partial charge is 0.399 e. The average Bonchev–Trinajstić information content (AvgIpc) is 2.89. The van der Waals surface area contributed by atoms with E-state index >= 15 is 0 Å². The minimum Gasteiger partial charge on any atom is -0.399 e. The summed E-state index contributed by atoms with van der Waals surface area (Å²) in [7, 11) is 0. The molecule has 4 heteroatoms. The van der Waals surface area contributed by atoms with Crippen LogP contribution in [0, 0.1) is 0 Å². The summed E-state index contributed by atoms with van der Waals surface area (Å²) in [5.41, 5.74) is 7.49. The highest BCUT2D eigenvalue weighted by molar-refractivity contribution is 5.76. The summed E-state index contributed by atoms with van der Waals surface area (Å²) in [5.74, 6) is 0.0855. The predicted octanol–water partition coefficient (Wildman–Crippen LogP) is 1.50. The third-order valence-electron chi connectivity index (χ3n) is 3.17. The summed E-state index contributed by atoms with van der Waals surface area (Å²) in [5, 5.41) is 2.92. The van der Waals surface area contributed by atoms with Gasteiger partial charge in [-0.15, -0.1) is 0 Å². The number of rotatable bonds is 5. The van der Waals surface area contributed by atoms with Gasteiger partial charge in [0.25, 0.3) is 0 Å². The van der Waals surface area contributed by atoms with Crippen LogP contribution >= 0.6 is 0 Å². The van der Waals surface area contributed by atoms with Crippen molar-refractivity contribution in [2.75, 3.05) is 18.9 Å². The van der Waals surface area contributed by atoms with Gasteiger partial charge in [-0.05, 0) is 37.0 Å². The van der Waals surface area contributed by atoms with Crippen LogP contribution in [0.4, 0.5) is 5.69 Å². The first-order valence-electron chi connectivity index (χ1n) is 6.47. The molecule has 0 unspecified atom stereocenters. The van der Waals surface area contributed by atoms with Gasteiger partial charge in [0.15, 0.2) is 0 Å². The lowest BCUT2D eigenvalue weighted by molar-refractivity contribution is -0.121. The minimum atomic E-state index is 0.0855. The molecule has 1 amide bonds. The van der Waals surface area contributed by atoms with Crippen LogP contribution in [0.2, 0.25) is 0 Å². The molecule has 1 aliphatic heterocycles. The minimum absolute atomic E-state index is 0.0855. The van der Waals surface area contributed by atoms with E-state index in [4.69, 9.17) is 10.5 Å². The third kappa shape index (κ3) is 4.04. The number of benzene rings is 1. The van der Waals surface area contributed by atoms with Crippen molar-refractivity contribution in [3.05, 3.63) is 29.8 Å². The van der Waals surface area contributed by atoms with Crippen LogP contribution in [0.3, 0.4) is 0 Å². The van der Waals surface area contributed by atoms with Gasteiger partial charge in [-0.25, -0.2) is 0 Å². The van der Waals surface area contributed by atoms with Gasteiger partial charge in [-0.1, -0.05) is 12.1 Å². The molecule has 1 aromatic carbocycles. The van der Waals surface area contributed by atoms with Gasteiger partial charge < -0.3 is 15.8 Å². The van der Waals surface area contributed by atoms with Crippen molar-refractivity contribution in [1.82, 2.24) is 5.32 Å². The van der Waals surface area contributed by atoms with Crippen LogP contribution < -0.4 is 11.1 Å². The lowest BCUT2D eigenvalue weighted by Gasteiger charge is -2.10. The molecule has 1 saturated heterocycles. The molecular formula is C14H20N2O2. The maximum atomic E-state index is 11.6. The summed E-state index contributed by atoms with van der Waals surface area (Å²) in [4.78, 5) is 11.6. The summed E-state index contributed by atoms with van der Waals surface area (Å²) in [6, 6.07) is 7.64. The first-order chi connectivity index (χ1) is 8.74. The highest BCUT2D eigenvalue weighted by Crippen LogP contribution is 2.11. The Bertz CT molecular complexity index is 383.